The molecule has 5 heteroatoms. The van der Waals surface area contributed by atoms with E-state index in [-0.39, 0.29) is 6.61 Å². The Morgan fingerprint density at radius 3 is 2.72 bits per heavy atom. The molecule has 0 amide bonds. The third-order valence-corrected chi connectivity index (χ3v) is 2.81. The number of rotatable bonds is 3. The Bertz CT molecular complexity index is 608. The number of para-hydroxylation sites is 1. The van der Waals surface area contributed by atoms with Crippen molar-refractivity contribution in [2.75, 3.05) is 0 Å². The summed E-state index contributed by atoms with van der Waals surface area (Å²) in [7, 11) is 0. The van der Waals surface area contributed by atoms with E-state index < -0.39 is 0 Å². The fourth-order valence-corrected chi connectivity index (χ4v) is 1.71. The van der Waals surface area contributed by atoms with Gasteiger partial charge in [0, 0.05) is 0 Å². The Balaban J connectivity index is 2.17. The van der Waals surface area contributed by atoms with Crippen LogP contribution in [-0.2, 0) is 6.61 Å². The molecule has 0 unspecified atom stereocenters. The molecule has 0 saturated heterocycles. The number of halogens is 2. The lowest BCUT2D eigenvalue weighted by Gasteiger charge is -2.08. The minimum Gasteiger partial charge on any atom is -0.486 e. The number of ether oxygens (including phenoxy) is 1. The molecular weight excluding hydrogens is 271 g/mol. The number of pyridine rings is 1. The van der Waals surface area contributed by atoms with E-state index in [9.17, 15) is 0 Å². The summed E-state index contributed by atoms with van der Waals surface area (Å²) in [5.74, 6) is 0.498. The molecule has 2 aromatic rings. The van der Waals surface area contributed by atoms with Crippen LogP contribution in [0, 0.1) is 11.3 Å². The van der Waals surface area contributed by atoms with Crippen molar-refractivity contribution in [2.24, 2.45) is 0 Å². The van der Waals surface area contributed by atoms with Gasteiger partial charge in [0.2, 0.25) is 0 Å². The topological polar surface area (TPSA) is 45.9 Å². The highest BCUT2D eigenvalue weighted by Gasteiger charge is 2.06. The first-order chi connectivity index (χ1) is 8.70. The standard InChI is InChI=1S/C13H8Cl2N2O/c14-10-5-6-13(15)17-11(10)8-18-12-4-2-1-3-9(12)7-16/h1-6H,8H2. The largest absolute Gasteiger partial charge is 0.486 e. The molecule has 2 rings (SSSR count). The summed E-state index contributed by atoms with van der Waals surface area (Å²) >= 11 is 11.7. The molecule has 0 fully saturated rings. The Kier molecular flexibility index (Phi) is 4.03. The number of hydrogen-bond acceptors (Lipinski definition) is 3. The van der Waals surface area contributed by atoms with Crippen LogP contribution in [0.5, 0.6) is 5.75 Å². The van der Waals surface area contributed by atoms with Crippen molar-refractivity contribution in [3.8, 4) is 11.8 Å². The summed E-state index contributed by atoms with van der Waals surface area (Å²) in [4.78, 5) is 4.07. The van der Waals surface area contributed by atoms with Crippen molar-refractivity contribution in [3.63, 3.8) is 0 Å². The fourth-order valence-electron chi connectivity index (χ4n) is 1.39. The molecular formula is C13H8Cl2N2O. The second kappa shape index (κ2) is 5.72. The average Bonchev–Trinajstić information content (AvgIpc) is 2.40. The Morgan fingerprint density at radius 2 is 1.94 bits per heavy atom. The second-order valence-electron chi connectivity index (χ2n) is 3.46. The van der Waals surface area contributed by atoms with Crippen molar-refractivity contribution in [1.29, 1.82) is 5.26 Å². The van der Waals surface area contributed by atoms with E-state index in [2.05, 4.69) is 11.1 Å². The van der Waals surface area contributed by atoms with E-state index >= 15 is 0 Å². The van der Waals surface area contributed by atoms with Gasteiger partial charge in [-0.15, -0.1) is 0 Å². The lowest BCUT2D eigenvalue weighted by Crippen LogP contribution is -2.00. The van der Waals surface area contributed by atoms with Crippen LogP contribution in [0.4, 0.5) is 0 Å². The van der Waals surface area contributed by atoms with Crippen LogP contribution in [0.3, 0.4) is 0 Å². The summed E-state index contributed by atoms with van der Waals surface area (Å²) in [5.41, 5.74) is 1.01. The molecule has 1 aromatic heterocycles. The predicted octanol–water partition coefficient (Wildman–Crippen LogP) is 3.84. The zero-order chi connectivity index (χ0) is 13.0. The Morgan fingerprint density at radius 1 is 1.17 bits per heavy atom. The van der Waals surface area contributed by atoms with E-state index in [1.807, 2.05) is 0 Å². The lowest BCUT2D eigenvalue weighted by molar-refractivity contribution is 0.300. The molecule has 0 atom stereocenters. The summed E-state index contributed by atoms with van der Waals surface area (Å²) in [6.45, 7) is 0.165. The summed E-state index contributed by atoms with van der Waals surface area (Å²) in [5, 5.41) is 9.76. The Hall–Kier alpha value is -1.76. The van der Waals surface area contributed by atoms with Crippen LogP contribution >= 0.6 is 23.2 Å². The molecule has 0 spiro atoms. The highest BCUT2D eigenvalue weighted by atomic mass is 35.5. The van der Waals surface area contributed by atoms with E-state index in [0.29, 0.717) is 27.2 Å². The van der Waals surface area contributed by atoms with Gasteiger partial charge in [0.15, 0.2) is 0 Å². The summed E-state index contributed by atoms with van der Waals surface area (Å²) < 4.78 is 5.52. The minimum atomic E-state index is 0.165. The first kappa shape index (κ1) is 12.7. The normalized spacial score (nSPS) is 9.83. The number of nitrogens with zero attached hydrogens (tertiary/aromatic N) is 2. The maximum Gasteiger partial charge on any atom is 0.137 e. The minimum absolute atomic E-state index is 0.165. The molecule has 0 N–H and O–H groups in total. The van der Waals surface area contributed by atoms with E-state index in [1.54, 1.807) is 36.4 Å². The first-order valence-electron chi connectivity index (χ1n) is 5.13. The van der Waals surface area contributed by atoms with Crippen LogP contribution in [0.25, 0.3) is 0 Å². The molecule has 0 saturated carbocycles. The highest BCUT2D eigenvalue weighted by molar-refractivity contribution is 6.32. The monoisotopic (exact) mass is 278 g/mol. The van der Waals surface area contributed by atoms with Gasteiger partial charge in [-0.2, -0.15) is 5.26 Å². The molecule has 90 valence electrons. The van der Waals surface area contributed by atoms with Gasteiger partial charge in [0.05, 0.1) is 16.3 Å². The van der Waals surface area contributed by atoms with Gasteiger partial charge < -0.3 is 4.74 Å². The van der Waals surface area contributed by atoms with Crippen LogP contribution in [0.15, 0.2) is 36.4 Å². The van der Waals surface area contributed by atoms with Crippen molar-refractivity contribution in [1.82, 2.24) is 4.98 Å². The number of hydrogen-bond donors (Lipinski definition) is 0. The average molecular weight is 279 g/mol. The van der Waals surface area contributed by atoms with Crippen LogP contribution in [0.2, 0.25) is 10.2 Å². The number of nitriles is 1. The van der Waals surface area contributed by atoms with Gasteiger partial charge in [-0.1, -0.05) is 35.3 Å². The number of aromatic nitrogens is 1. The van der Waals surface area contributed by atoms with E-state index in [0.717, 1.165) is 0 Å². The zero-order valence-electron chi connectivity index (χ0n) is 9.23. The summed E-state index contributed by atoms with van der Waals surface area (Å²) in [6, 6.07) is 12.3. The molecule has 1 heterocycles. The third kappa shape index (κ3) is 2.92. The SMILES string of the molecule is N#Cc1ccccc1OCc1nc(Cl)ccc1Cl. The van der Waals surface area contributed by atoms with Gasteiger partial charge in [-0.05, 0) is 24.3 Å². The van der Waals surface area contributed by atoms with Gasteiger partial charge in [0.1, 0.15) is 23.6 Å². The molecule has 0 aliphatic heterocycles. The maximum absolute atomic E-state index is 8.92. The molecule has 3 nitrogen and oxygen atoms in total. The molecule has 1 aromatic carbocycles. The molecule has 18 heavy (non-hydrogen) atoms. The second-order valence-corrected chi connectivity index (χ2v) is 4.25. The first-order valence-corrected chi connectivity index (χ1v) is 5.89. The smallest absolute Gasteiger partial charge is 0.137 e. The highest BCUT2D eigenvalue weighted by Crippen LogP contribution is 2.21. The number of benzene rings is 1. The molecule has 0 bridgehead atoms. The van der Waals surface area contributed by atoms with Crippen LogP contribution < -0.4 is 4.74 Å². The van der Waals surface area contributed by atoms with Crippen LogP contribution in [-0.4, -0.2) is 4.98 Å². The quantitative estimate of drug-likeness (QED) is 0.802. The van der Waals surface area contributed by atoms with Crippen molar-refractivity contribution >= 4 is 23.2 Å². The molecule has 0 aliphatic rings. The van der Waals surface area contributed by atoms with Gasteiger partial charge >= 0.3 is 0 Å². The van der Waals surface area contributed by atoms with Crippen LogP contribution in [0.1, 0.15) is 11.3 Å². The van der Waals surface area contributed by atoms with E-state index in [4.69, 9.17) is 33.2 Å². The summed E-state index contributed by atoms with van der Waals surface area (Å²) in [6.07, 6.45) is 0. The van der Waals surface area contributed by atoms with Crippen molar-refractivity contribution in [2.45, 2.75) is 6.61 Å². The lowest BCUT2D eigenvalue weighted by atomic mass is 10.2. The third-order valence-electron chi connectivity index (χ3n) is 2.26. The van der Waals surface area contributed by atoms with E-state index in [1.165, 1.54) is 0 Å². The Labute approximate surface area is 115 Å². The van der Waals surface area contributed by atoms with Crippen molar-refractivity contribution in [3.05, 3.63) is 57.8 Å². The fraction of sp³-hybridized carbons (Fsp3) is 0.0769. The van der Waals surface area contributed by atoms with Gasteiger partial charge in [-0.25, -0.2) is 4.98 Å². The van der Waals surface area contributed by atoms with Gasteiger partial charge in [0.25, 0.3) is 0 Å². The van der Waals surface area contributed by atoms with Crippen molar-refractivity contribution < 1.29 is 4.74 Å². The maximum atomic E-state index is 8.92. The van der Waals surface area contributed by atoms with Gasteiger partial charge in [-0.3, -0.25) is 0 Å². The molecule has 0 aliphatic carbocycles. The predicted molar refractivity (Wildman–Crippen MR) is 69.7 cm³/mol. The zero-order valence-corrected chi connectivity index (χ0v) is 10.7. The molecule has 0 radical (unpaired) electrons.